The maximum atomic E-state index is 12.5. The van der Waals surface area contributed by atoms with Crippen LogP contribution in [0.25, 0.3) is 0 Å². The molecule has 0 unspecified atom stereocenters. The lowest BCUT2D eigenvalue weighted by atomic mass is 10.0. The first-order valence-electron chi connectivity index (χ1n) is 7.15. The second-order valence-electron chi connectivity index (χ2n) is 5.46. The second kappa shape index (κ2) is 6.90. The molecule has 0 saturated carbocycles. The van der Waals surface area contributed by atoms with Crippen molar-refractivity contribution in [1.29, 1.82) is 0 Å². The second-order valence-corrected chi connectivity index (χ2v) is 5.46. The van der Waals surface area contributed by atoms with Gasteiger partial charge < -0.3 is 15.7 Å². The highest BCUT2D eigenvalue weighted by Gasteiger charge is 2.32. The highest BCUT2D eigenvalue weighted by Crippen LogP contribution is 2.29. The summed E-state index contributed by atoms with van der Waals surface area (Å²) in [6, 6.07) is 1.96. The summed E-state index contributed by atoms with van der Waals surface area (Å²) in [6.45, 7) is 0. The van der Waals surface area contributed by atoms with Crippen molar-refractivity contribution < 1.29 is 32.7 Å². The van der Waals surface area contributed by atoms with Crippen molar-refractivity contribution in [2.75, 3.05) is 0 Å². The van der Waals surface area contributed by atoms with Gasteiger partial charge in [0.25, 0.3) is 0 Å². The molecule has 1 aromatic rings. The molecule has 0 radical (unpaired) electrons. The van der Waals surface area contributed by atoms with Gasteiger partial charge in [-0.2, -0.15) is 13.2 Å². The quantitative estimate of drug-likeness (QED) is 0.745. The van der Waals surface area contributed by atoms with Crippen LogP contribution in [0.1, 0.15) is 24.0 Å². The van der Waals surface area contributed by atoms with Crippen LogP contribution in [-0.2, 0) is 27.0 Å². The molecule has 1 fully saturated rings. The van der Waals surface area contributed by atoms with E-state index in [0.29, 0.717) is 5.56 Å². The Bertz CT molecular complexity index is 643. The van der Waals surface area contributed by atoms with Crippen molar-refractivity contribution in [3.05, 3.63) is 35.4 Å². The fourth-order valence-electron chi connectivity index (χ4n) is 2.35. The standard InChI is InChI=1S/C15H15F3N2O4/c16-15(17,18)9-3-1-8(2-4-9)7-11(14(23)24)20-13(22)10-5-6-12(21)19-10/h1-4,10-11H,5-7H2,(H,19,21)(H,20,22)(H,23,24)/t10-,11+/m0/s1. The monoisotopic (exact) mass is 344 g/mol. The number of hydrogen-bond donors (Lipinski definition) is 3. The van der Waals surface area contributed by atoms with E-state index >= 15 is 0 Å². The molecule has 2 rings (SSSR count). The van der Waals surface area contributed by atoms with Gasteiger partial charge in [0, 0.05) is 12.8 Å². The van der Waals surface area contributed by atoms with E-state index in [0.717, 1.165) is 12.1 Å². The number of benzene rings is 1. The molecular formula is C15H15F3N2O4. The Hall–Kier alpha value is -2.58. The third kappa shape index (κ3) is 4.46. The molecule has 1 aliphatic heterocycles. The predicted molar refractivity (Wildman–Crippen MR) is 75.9 cm³/mol. The molecular weight excluding hydrogens is 329 g/mol. The van der Waals surface area contributed by atoms with Gasteiger partial charge in [-0.1, -0.05) is 12.1 Å². The summed E-state index contributed by atoms with van der Waals surface area (Å²) in [5.74, 6) is -2.22. The van der Waals surface area contributed by atoms with Crippen LogP contribution in [0.15, 0.2) is 24.3 Å². The minimum atomic E-state index is -4.47. The van der Waals surface area contributed by atoms with Crippen molar-refractivity contribution in [2.24, 2.45) is 0 Å². The number of halogens is 3. The summed E-state index contributed by atoms with van der Waals surface area (Å²) in [5.41, 5.74) is -0.498. The molecule has 0 aromatic heterocycles. The fraction of sp³-hybridized carbons (Fsp3) is 0.400. The maximum Gasteiger partial charge on any atom is 0.416 e. The molecule has 2 atom stereocenters. The number of aliphatic carboxylic acids is 1. The normalized spacial score (nSPS) is 18.8. The van der Waals surface area contributed by atoms with Gasteiger partial charge in [0.05, 0.1) is 5.56 Å². The Morgan fingerprint density at radius 3 is 2.38 bits per heavy atom. The minimum Gasteiger partial charge on any atom is -0.480 e. The zero-order chi connectivity index (χ0) is 17.9. The average Bonchev–Trinajstić information content (AvgIpc) is 2.92. The van der Waals surface area contributed by atoms with E-state index in [1.165, 1.54) is 12.1 Å². The largest absolute Gasteiger partial charge is 0.480 e. The average molecular weight is 344 g/mol. The van der Waals surface area contributed by atoms with E-state index in [1.807, 2.05) is 0 Å². The van der Waals surface area contributed by atoms with Gasteiger partial charge in [0.15, 0.2) is 0 Å². The molecule has 1 heterocycles. The van der Waals surface area contributed by atoms with Crippen LogP contribution in [0.5, 0.6) is 0 Å². The van der Waals surface area contributed by atoms with E-state index in [2.05, 4.69) is 10.6 Å². The van der Waals surface area contributed by atoms with Gasteiger partial charge in [-0.3, -0.25) is 9.59 Å². The van der Waals surface area contributed by atoms with Crippen LogP contribution < -0.4 is 10.6 Å². The van der Waals surface area contributed by atoms with Crippen molar-refractivity contribution in [3.8, 4) is 0 Å². The van der Waals surface area contributed by atoms with Gasteiger partial charge >= 0.3 is 12.1 Å². The Labute approximate surface area is 135 Å². The molecule has 2 amide bonds. The Kier molecular flexibility index (Phi) is 5.10. The first kappa shape index (κ1) is 17.8. The van der Waals surface area contributed by atoms with Gasteiger partial charge in [-0.15, -0.1) is 0 Å². The fourth-order valence-corrected chi connectivity index (χ4v) is 2.35. The van der Waals surface area contributed by atoms with Gasteiger partial charge in [0.2, 0.25) is 11.8 Å². The molecule has 130 valence electrons. The van der Waals surface area contributed by atoms with Crippen LogP contribution in [-0.4, -0.2) is 35.0 Å². The molecule has 1 aromatic carbocycles. The summed E-state index contributed by atoms with van der Waals surface area (Å²) >= 11 is 0. The number of carboxylic acids is 1. The van der Waals surface area contributed by atoms with Crippen LogP contribution in [0.4, 0.5) is 13.2 Å². The third-order valence-electron chi connectivity index (χ3n) is 3.65. The lowest BCUT2D eigenvalue weighted by Crippen LogP contribution is -2.49. The smallest absolute Gasteiger partial charge is 0.416 e. The number of amides is 2. The predicted octanol–water partition coefficient (Wildman–Crippen LogP) is 1.10. The van der Waals surface area contributed by atoms with Gasteiger partial charge in [-0.25, -0.2) is 4.79 Å². The van der Waals surface area contributed by atoms with E-state index in [-0.39, 0.29) is 25.2 Å². The van der Waals surface area contributed by atoms with E-state index in [4.69, 9.17) is 0 Å². The van der Waals surface area contributed by atoms with E-state index in [9.17, 15) is 32.7 Å². The Morgan fingerprint density at radius 1 is 1.29 bits per heavy atom. The highest BCUT2D eigenvalue weighted by atomic mass is 19.4. The summed E-state index contributed by atoms with van der Waals surface area (Å²) in [6.07, 6.45) is -4.18. The topological polar surface area (TPSA) is 95.5 Å². The lowest BCUT2D eigenvalue weighted by Gasteiger charge is -2.18. The zero-order valence-corrected chi connectivity index (χ0v) is 12.4. The van der Waals surface area contributed by atoms with Gasteiger partial charge in [-0.05, 0) is 24.1 Å². The van der Waals surface area contributed by atoms with Crippen molar-refractivity contribution in [1.82, 2.24) is 10.6 Å². The molecule has 1 aliphatic rings. The Balaban J connectivity index is 2.02. The summed E-state index contributed by atoms with van der Waals surface area (Å²) in [4.78, 5) is 34.3. The number of carboxylic acid groups (broad SMARTS) is 1. The van der Waals surface area contributed by atoms with E-state index in [1.54, 1.807) is 0 Å². The van der Waals surface area contributed by atoms with Crippen molar-refractivity contribution in [3.63, 3.8) is 0 Å². The minimum absolute atomic E-state index is 0.167. The van der Waals surface area contributed by atoms with Crippen LogP contribution in [0.3, 0.4) is 0 Å². The molecule has 24 heavy (non-hydrogen) atoms. The Morgan fingerprint density at radius 2 is 1.92 bits per heavy atom. The molecule has 0 bridgehead atoms. The highest BCUT2D eigenvalue weighted by molar-refractivity contribution is 5.92. The number of hydrogen-bond acceptors (Lipinski definition) is 3. The zero-order valence-electron chi connectivity index (χ0n) is 12.4. The number of nitrogens with one attached hydrogen (secondary N) is 2. The van der Waals surface area contributed by atoms with Crippen LogP contribution >= 0.6 is 0 Å². The third-order valence-corrected chi connectivity index (χ3v) is 3.65. The summed E-state index contributed by atoms with van der Waals surface area (Å²) in [5, 5.41) is 13.9. The molecule has 3 N–H and O–H groups in total. The summed E-state index contributed by atoms with van der Waals surface area (Å²) < 4.78 is 37.5. The number of rotatable bonds is 5. The summed E-state index contributed by atoms with van der Waals surface area (Å²) in [7, 11) is 0. The molecule has 6 nitrogen and oxygen atoms in total. The number of carbonyl (C=O) groups excluding carboxylic acids is 2. The first-order valence-corrected chi connectivity index (χ1v) is 7.15. The maximum absolute atomic E-state index is 12.5. The van der Waals surface area contributed by atoms with Crippen LogP contribution in [0.2, 0.25) is 0 Å². The van der Waals surface area contributed by atoms with Gasteiger partial charge in [0.1, 0.15) is 12.1 Å². The van der Waals surface area contributed by atoms with Crippen LogP contribution in [0, 0.1) is 0 Å². The molecule has 1 saturated heterocycles. The molecule has 9 heteroatoms. The molecule has 0 aliphatic carbocycles. The number of alkyl halides is 3. The van der Waals surface area contributed by atoms with Crippen molar-refractivity contribution in [2.45, 2.75) is 37.5 Å². The first-order chi connectivity index (χ1) is 11.2. The van der Waals surface area contributed by atoms with E-state index < -0.39 is 35.7 Å². The van der Waals surface area contributed by atoms with Crippen molar-refractivity contribution >= 4 is 17.8 Å². The lowest BCUT2D eigenvalue weighted by molar-refractivity contribution is -0.142. The SMILES string of the molecule is O=C1CC[C@@H](C(=O)N[C@H](Cc2ccc(C(F)(F)F)cc2)C(=O)O)N1. The number of carbonyl (C=O) groups is 3. The molecule has 0 spiro atoms.